The van der Waals surface area contributed by atoms with Gasteiger partial charge >= 0.3 is 5.97 Å². The van der Waals surface area contributed by atoms with E-state index in [-0.39, 0.29) is 34.5 Å². The molecule has 0 bridgehead atoms. The second kappa shape index (κ2) is 8.94. The highest BCUT2D eigenvalue weighted by Gasteiger charge is 2.36. The van der Waals surface area contributed by atoms with Crippen molar-refractivity contribution in [2.75, 3.05) is 32.1 Å². The Hall–Kier alpha value is -3.25. The average molecular weight is 488 g/mol. The molecule has 10 nitrogen and oxygen atoms in total. The summed E-state index contributed by atoms with van der Waals surface area (Å²) < 4.78 is 6.53. The van der Waals surface area contributed by atoms with Gasteiger partial charge in [-0.1, -0.05) is 30.0 Å². The summed E-state index contributed by atoms with van der Waals surface area (Å²) in [5.74, 6) is -1.05. The molecule has 0 aliphatic carbocycles. The molecule has 33 heavy (non-hydrogen) atoms. The predicted octanol–water partition coefficient (Wildman–Crippen LogP) is 0.702. The number of likely N-dealkylation sites (N-methyl/N-ethyl adjacent to an activating group) is 1. The van der Waals surface area contributed by atoms with Crippen LogP contribution in [0.25, 0.3) is 11.7 Å². The number of aromatic nitrogens is 2. The molecular weight excluding hydrogens is 466 g/mol. The van der Waals surface area contributed by atoms with Gasteiger partial charge in [0.1, 0.15) is 21.8 Å². The first kappa shape index (κ1) is 22.9. The molecule has 0 spiro atoms. The van der Waals surface area contributed by atoms with Gasteiger partial charge in [0, 0.05) is 26.3 Å². The summed E-state index contributed by atoms with van der Waals surface area (Å²) in [5.41, 5.74) is 0.967. The fraction of sp³-hybridized carbons (Fsp3) is 0.333. The number of methoxy groups -OCH3 is 1. The Kier molecular flexibility index (Phi) is 6.21. The minimum atomic E-state index is -0.918. The molecule has 4 rings (SSSR count). The molecule has 2 aliphatic heterocycles. The van der Waals surface area contributed by atoms with Crippen molar-refractivity contribution in [3.05, 3.63) is 44.7 Å². The third kappa shape index (κ3) is 4.23. The highest BCUT2D eigenvalue weighted by Crippen LogP contribution is 2.33. The number of carbonyl (C=O) groups excluding carboxylic acids is 3. The highest BCUT2D eigenvalue weighted by molar-refractivity contribution is 8.26. The maximum absolute atomic E-state index is 13.6. The number of anilines is 1. The van der Waals surface area contributed by atoms with Crippen LogP contribution in [0.15, 0.2) is 28.0 Å². The molecular formula is C21H21N5O5S2. The van der Waals surface area contributed by atoms with Crippen molar-refractivity contribution in [2.45, 2.75) is 19.4 Å². The molecule has 172 valence electrons. The van der Waals surface area contributed by atoms with Crippen LogP contribution in [0.3, 0.4) is 0 Å². The normalized spacial score (nSPS) is 20.0. The lowest BCUT2D eigenvalue weighted by Crippen LogP contribution is -2.57. The molecule has 4 heterocycles. The van der Waals surface area contributed by atoms with Crippen LogP contribution in [0.2, 0.25) is 0 Å². The second-order valence-electron chi connectivity index (χ2n) is 7.61. The predicted molar refractivity (Wildman–Crippen MR) is 128 cm³/mol. The van der Waals surface area contributed by atoms with Crippen LogP contribution in [0.1, 0.15) is 17.5 Å². The average Bonchev–Trinajstić information content (AvgIpc) is 3.03. The SMILES string of the molecule is COC(=O)C[C@H]1C(=O)NCCN1c1nc2ccc(C)cn2c(=O)c1/C=C1\SC(=S)N(C)C1=O. The monoisotopic (exact) mass is 487 g/mol. The van der Waals surface area contributed by atoms with E-state index in [9.17, 15) is 19.2 Å². The third-order valence-corrected chi connectivity index (χ3v) is 6.92. The van der Waals surface area contributed by atoms with Crippen molar-refractivity contribution in [1.29, 1.82) is 0 Å². The minimum Gasteiger partial charge on any atom is -0.469 e. The lowest BCUT2D eigenvalue weighted by molar-refractivity contribution is -0.143. The van der Waals surface area contributed by atoms with Gasteiger partial charge in [0.2, 0.25) is 5.91 Å². The van der Waals surface area contributed by atoms with Crippen LogP contribution in [0, 0.1) is 6.92 Å². The number of nitrogens with zero attached hydrogens (tertiary/aromatic N) is 4. The molecule has 2 amide bonds. The molecule has 2 saturated heterocycles. The number of carbonyl (C=O) groups is 3. The number of hydrogen-bond donors (Lipinski definition) is 1. The van der Waals surface area contributed by atoms with Gasteiger partial charge < -0.3 is 15.0 Å². The Balaban J connectivity index is 1.94. The van der Waals surface area contributed by atoms with Crippen LogP contribution in [0.5, 0.6) is 0 Å². The summed E-state index contributed by atoms with van der Waals surface area (Å²) in [6, 6.07) is 2.61. The van der Waals surface area contributed by atoms with Crippen LogP contribution in [-0.4, -0.2) is 69.7 Å². The molecule has 12 heteroatoms. The summed E-state index contributed by atoms with van der Waals surface area (Å²) in [6.07, 6.45) is 2.91. The Morgan fingerprint density at radius 1 is 1.36 bits per heavy atom. The van der Waals surface area contributed by atoms with E-state index in [1.165, 1.54) is 22.5 Å². The summed E-state index contributed by atoms with van der Waals surface area (Å²) in [7, 11) is 2.81. The molecule has 2 aromatic rings. The van der Waals surface area contributed by atoms with Gasteiger partial charge in [-0.05, 0) is 24.6 Å². The number of rotatable bonds is 4. The molecule has 1 atom stereocenters. The van der Waals surface area contributed by atoms with E-state index in [2.05, 4.69) is 10.3 Å². The summed E-state index contributed by atoms with van der Waals surface area (Å²) >= 11 is 6.29. The Morgan fingerprint density at radius 2 is 2.12 bits per heavy atom. The van der Waals surface area contributed by atoms with E-state index in [1.807, 2.05) is 13.0 Å². The number of ether oxygens (including phenoxy) is 1. The molecule has 2 fully saturated rings. The summed E-state index contributed by atoms with van der Waals surface area (Å²) in [5, 5.41) is 2.73. The number of thioether (sulfide) groups is 1. The van der Waals surface area contributed by atoms with E-state index in [0.29, 0.717) is 23.1 Å². The maximum atomic E-state index is 13.6. The molecule has 2 aliphatic rings. The Bertz CT molecular complexity index is 1290. The first-order chi connectivity index (χ1) is 15.7. The second-order valence-corrected chi connectivity index (χ2v) is 9.29. The molecule has 0 aromatic carbocycles. The lowest BCUT2D eigenvalue weighted by Gasteiger charge is -2.36. The highest BCUT2D eigenvalue weighted by atomic mass is 32.2. The van der Waals surface area contributed by atoms with Gasteiger partial charge in [0.05, 0.1) is 24.0 Å². The Labute approximate surface area is 198 Å². The number of esters is 1. The number of fused-ring (bicyclic) bond motifs is 1. The molecule has 0 saturated carbocycles. The van der Waals surface area contributed by atoms with Gasteiger partial charge in [-0.25, -0.2) is 4.98 Å². The van der Waals surface area contributed by atoms with Crippen molar-refractivity contribution in [3.8, 4) is 0 Å². The summed E-state index contributed by atoms with van der Waals surface area (Å²) in [6.45, 7) is 2.47. The first-order valence-corrected chi connectivity index (χ1v) is 11.3. The zero-order chi connectivity index (χ0) is 23.9. The summed E-state index contributed by atoms with van der Waals surface area (Å²) in [4.78, 5) is 58.7. The van der Waals surface area contributed by atoms with Gasteiger partial charge in [0.25, 0.3) is 11.5 Å². The van der Waals surface area contributed by atoms with E-state index in [0.717, 1.165) is 17.3 Å². The minimum absolute atomic E-state index is 0.136. The largest absolute Gasteiger partial charge is 0.469 e. The van der Waals surface area contributed by atoms with Crippen molar-refractivity contribution in [2.24, 2.45) is 0 Å². The fourth-order valence-corrected chi connectivity index (χ4v) is 4.84. The maximum Gasteiger partial charge on any atom is 0.308 e. The van der Waals surface area contributed by atoms with Crippen LogP contribution < -0.4 is 15.8 Å². The standard InChI is InChI=1S/C21H21N5O5S2/c1-11-4-5-15-23-17(25-7-6-22-18(28)13(25)9-16(27)31-3)12(19(29)26(15)10-11)8-14-20(30)24(2)21(32)33-14/h4-5,8,10,13H,6-7,9H2,1-3H3,(H,22,28)/b14-8-/t13-/m0/s1. The van der Waals surface area contributed by atoms with Crippen molar-refractivity contribution in [3.63, 3.8) is 0 Å². The van der Waals surface area contributed by atoms with Gasteiger partial charge in [-0.2, -0.15) is 0 Å². The number of hydrogen-bond acceptors (Lipinski definition) is 9. The van der Waals surface area contributed by atoms with E-state index in [1.54, 1.807) is 24.2 Å². The number of nitrogens with one attached hydrogen (secondary N) is 1. The zero-order valence-electron chi connectivity index (χ0n) is 18.2. The van der Waals surface area contributed by atoms with Gasteiger partial charge in [0.15, 0.2) is 0 Å². The number of thiocarbonyl (C=S) groups is 1. The van der Waals surface area contributed by atoms with Gasteiger partial charge in [-0.15, -0.1) is 0 Å². The lowest BCUT2D eigenvalue weighted by atomic mass is 10.1. The molecule has 0 unspecified atom stereocenters. The van der Waals surface area contributed by atoms with Crippen molar-refractivity contribution >= 4 is 63.6 Å². The first-order valence-electron chi connectivity index (χ1n) is 10.1. The number of amides is 2. The van der Waals surface area contributed by atoms with Crippen molar-refractivity contribution in [1.82, 2.24) is 19.6 Å². The smallest absolute Gasteiger partial charge is 0.308 e. The van der Waals surface area contributed by atoms with Crippen LogP contribution in [-0.2, 0) is 19.1 Å². The van der Waals surface area contributed by atoms with Gasteiger partial charge in [-0.3, -0.25) is 28.5 Å². The topological polar surface area (TPSA) is 113 Å². The molecule has 2 aromatic heterocycles. The van der Waals surface area contributed by atoms with E-state index >= 15 is 0 Å². The number of pyridine rings is 1. The van der Waals surface area contributed by atoms with Crippen LogP contribution >= 0.6 is 24.0 Å². The number of piperazine rings is 1. The third-order valence-electron chi connectivity index (χ3n) is 5.44. The molecule has 1 N–H and O–H groups in total. The van der Waals surface area contributed by atoms with E-state index < -0.39 is 17.6 Å². The van der Waals surface area contributed by atoms with Crippen molar-refractivity contribution < 1.29 is 19.1 Å². The van der Waals surface area contributed by atoms with Crippen LogP contribution in [0.4, 0.5) is 5.82 Å². The molecule has 0 radical (unpaired) electrons. The zero-order valence-corrected chi connectivity index (χ0v) is 19.8. The fourth-order valence-electron chi connectivity index (χ4n) is 3.68. The van der Waals surface area contributed by atoms with E-state index in [4.69, 9.17) is 17.0 Å². The number of aryl methyl sites for hydroxylation is 1. The Morgan fingerprint density at radius 3 is 2.79 bits per heavy atom. The quantitative estimate of drug-likeness (QED) is 0.378.